The molecular formula is C16H25FN2O. The third-order valence-corrected chi connectivity index (χ3v) is 3.68. The summed E-state index contributed by atoms with van der Waals surface area (Å²) in [6, 6.07) is 5.11. The van der Waals surface area contributed by atoms with E-state index in [0.717, 1.165) is 56.6 Å². The van der Waals surface area contributed by atoms with Gasteiger partial charge in [0.25, 0.3) is 0 Å². The summed E-state index contributed by atoms with van der Waals surface area (Å²) >= 11 is 0. The molecule has 0 radical (unpaired) electrons. The number of benzene rings is 1. The van der Waals surface area contributed by atoms with Crippen LogP contribution in [0.2, 0.25) is 0 Å². The van der Waals surface area contributed by atoms with Crippen LogP contribution in [0, 0.1) is 5.82 Å². The van der Waals surface area contributed by atoms with Crippen molar-refractivity contribution >= 4 is 0 Å². The van der Waals surface area contributed by atoms with Gasteiger partial charge in [-0.3, -0.25) is 4.90 Å². The minimum atomic E-state index is -0.196. The number of hydrogen-bond donors (Lipinski definition) is 1. The van der Waals surface area contributed by atoms with Gasteiger partial charge in [-0.15, -0.1) is 0 Å². The molecule has 1 heterocycles. The SMILES string of the molecule is CCCOC1CCCN(Cc2cc(F)cc(CN)c2)C1. The Hall–Kier alpha value is -0.970. The Morgan fingerprint density at radius 2 is 2.15 bits per heavy atom. The van der Waals surface area contributed by atoms with E-state index in [1.807, 2.05) is 6.07 Å². The topological polar surface area (TPSA) is 38.5 Å². The lowest BCUT2D eigenvalue weighted by Gasteiger charge is -2.32. The summed E-state index contributed by atoms with van der Waals surface area (Å²) in [6.45, 7) is 6.11. The fraction of sp³-hybridized carbons (Fsp3) is 0.625. The molecule has 4 heteroatoms. The van der Waals surface area contributed by atoms with Gasteiger partial charge in [-0.2, -0.15) is 0 Å². The largest absolute Gasteiger partial charge is 0.377 e. The van der Waals surface area contributed by atoms with Crippen LogP contribution in [0.4, 0.5) is 4.39 Å². The van der Waals surface area contributed by atoms with E-state index in [0.29, 0.717) is 12.6 Å². The predicted molar refractivity (Wildman–Crippen MR) is 78.8 cm³/mol. The molecule has 1 fully saturated rings. The Morgan fingerprint density at radius 3 is 2.90 bits per heavy atom. The molecule has 1 aliphatic rings. The summed E-state index contributed by atoms with van der Waals surface area (Å²) in [5.41, 5.74) is 7.46. The number of rotatable bonds is 6. The highest BCUT2D eigenvalue weighted by atomic mass is 19.1. The zero-order valence-electron chi connectivity index (χ0n) is 12.3. The molecule has 0 saturated carbocycles. The van der Waals surface area contributed by atoms with E-state index in [4.69, 9.17) is 10.5 Å². The summed E-state index contributed by atoms with van der Waals surface area (Å²) < 4.78 is 19.3. The molecular weight excluding hydrogens is 255 g/mol. The number of halogens is 1. The molecule has 1 aromatic carbocycles. The first-order valence-corrected chi connectivity index (χ1v) is 7.53. The van der Waals surface area contributed by atoms with Crippen LogP contribution in [0.15, 0.2) is 18.2 Å². The summed E-state index contributed by atoms with van der Waals surface area (Å²) in [4.78, 5) is 2.35. The van der Waals surface area contributed by atoms with Gasteiger partial charge >= 0.3 is 0 Å². The maximum Gasteiger partial charge on any atom is 0.123 e. The number of likely N-dealkylation sites (tertiary alicyclic amines) is 1. The van der Waals surface area contributed by atoms with E-state index >= 15 is 0 Å². The predicted octanol–water partition coefficient (Wildman–Crippen LogP) is 2.68. The van der Waals surface area contributed by atoms with Crippen LogP contribution in [-0.4, -0.2) is 30.7 Å². The molecule has 1 saturated heterocycles. The summed E-state index contributed by atoms with van der Waals surface area (Å²) in [6.07, 6.45) is 3.66. The maximum absolute atomic E-state index is 13.5. The molecule has 0 aliphatic carbocycles. The van der Waals surface area contributed by atoms with Gasteiger partial charge in [-0.05, 0) is 49.1 Å². The highest BCUT2D eigenvalue weighted by molar-refractivity contribution is 5.24. The normalized spacial score (nSPS) is 20.2. The Bertz CT molecular complexity index is 425. The van der Waals surface area contributed by atoms with Gasteiger partial charge in [-0.1, -0.05) is 13.0 Å². The number of hydrogen-bond acceptors (Lipinski definition) is 3. The van der Waals surface area contributed by atoms with Crippen molar-refractivity contribution in [3.63, 3.8) is 0 Å². The van der Waals surface area contributed by atoms with Gasteiger partial charge in [0.2, 0.25) is 0 Å². The lowest BCUT2D eigenvalue weighted by Crippen LogP contribution is -2.39. The zero-order valence-corrected chi connectivity index (χ0v) is 12.3. The second kappa shape index (κ2) is 7.72. The van der Waals surface area contributed by atoms with Crippen LogP contribution >= 0.6 is 0 Å². The molecule has 0 amide bonds. The molecule has 0 bridgehead atoms. The van der Waals surface area contributed by atoms with Gasteiger partial charge in [0.15, 0.2) is 0 Å². The van der Waals surface area contributed by atoms with Gasteiger partial charge in [0, 0.05) is 26.2 Å². The summed E-state index contributed by atoms with van der Waals surface area (Å²) in [5, 5.41) is 0. The van der Waals surface area contributed by atoms with Crippen molar-refractivity contribution in [2.75, 3.05) is 19.7 Å². The molecule has 2 rings (SSSR count). The number of piperidine rings is 1. The highest BCUT2D eigenvalue weighted by Gasteiger charge is 2.20. The standard InChI is InChI=1S/C16H25FN2O/c1-2-6-20-16-4-3-5-19(12-16)11-14-7-13(10-18)8-15(17)9-14/h7-9,16H,2-6,10-12,18H2,1H3. The van der Waals surface area contributed by atoms with Crippen LogP contribution in [0.5, 0.6) is 0 Å². The Labute approximate surface area is 120 Å². The van der Waals surface area contributed by atoms with Gasteiger partial charge < -0.3 is 10.5 Å². The first-order valence-electron chi connectivity index (χ1n) is 7.53. The maximum atomic E-state index is 13.5. The quantitative estimate of drug-likeness (QED) is 0.870. The van der Waals surface area contributed by atoms with Crippen molar-refractivity contribution in [1.82, 2.24) is 4.90 Å². The third-order valence-electron chi connectivity index (χ3n) is 3.68. The van der Waals surface area contributed by atoms with Crippen molar-refractivity contribution in [2.45, 2.75) is 45.4 Å². The number of ether oxygens (including phenoxy) is 1. The molecule has 20 heavy (non-hydrogen) atoms. The second-order valence-electron chi connectivity index (χ2n) is 5.54. The molecule has 1 aromatic rings. The fourth-order valence-electron chi connectivity index (χ4n) is 2.76. The Kier molecular flexibility index (Phi) is 5.95. The third kappa shape index (κ3) is 4.54. The second-order valence-corrected chi connectivity index (χ2v) is 5.54. The first kappa shape index (κ1) is 15.4. The minimum absolute atomic E-state index is 0.196. The van der Waals surface area contributed by atoms with E-state index in [9.17, 15) is 4.39 Å². The molecule has 0 spiro atoms. The lowest BCUT2D eigenvalue weighted by atomic mass is 10.1. The summed E-state index contributed by atoms with van der Waals surface area (Å²) in [7, 11) is 0. The zero-order chi connectivity index (χ0) is 14.4. The fourth-order valence-corrected chi connectivity index (χ4v) is 2.76. The monoisotopic (exact) mass is 280 g/mol. The Balaban J connectivity index is 1.93. The molecule has 3 nitrogen and oxygen atoms in total. The van der Waals surface area contributed by atoms with Crippen molar-refractivity contribution in [3.05, 3.63) is 35.1 Å². The summed E-state index contributed by atoms with van der Waals surface area (Å²) in [5.74, 6) is -0.196. The van der Waals surface area contributed by atoms with Crippen LogP contribution < -0.4 is 5.73 Å². The first-order chi connectivity index (χ1) is 9.71. The van der Waals surface area contributed by atoms with Gasteiger partial charge in [-0.25, -0.2) is 4.39 Å². The van der Waals surface area contributed by atoms with Crippen LogP contribution in [0.1, 0.15) is 37.3 Å². The lowest BCUT2D eigenvalue weighted by molar-refractivity contribution is -0.00224. The molecule has 1 atom stereocenters. The number of nitrogens with two attached hydrogens (primary N) is 1. The van der Waals surface area contributed by atoms with Crippen LogP contribution in [0.3, 0.4) is 0 Å². The van der Waals surface area contributed by atoms with E-state index in [2.05, 4.69) is 11.8 Å². The molecule has 0 aromatic heterocycles. The van der Waals surface area contributed by atoms with E-state index in [1.165, 1.54) is 6.07 Å². The van der Waals surface area contributed by atoms with Crippen LogP contribution in [0.25, 0.3) is 0 Å². The number of nitrogens with zero attached hydrogens (tertiary/aromatic N) is 1. The van der Waals surface area contributed by atoms with Crippen molar-refractivity contribution in [1.29, 1.82) is 0 Å². The van der Waals surface area contributed by atoms with Gasteiger partial charge in [0.1, 0.15) is 5.82 Å². The molecule has 112 valence electrons. The van der Waals surface area contributed by atoms with Gasteiger partial charge in [0.05, 0.1) is 6.10 Å². The minimum Gasteiger partial charge on any atom is -0.377 e. The van der Waals surface area contributed by atoms with Crippen molar-refractivity contribution in [3.8, 4) is 0 Å². The highest BCUT2D eigenvalue weighted by Crippen LogP contribution is 2.17. The molecule has 2 N–H and O–H groups in total. The molecule has 1 unspecified atom stereocenters. The average Bonchev–Trinajstić information content (AvgIpc) is 2.45. The smallest absolute Gasteiger partial charge is 0.123 e. The Morgan fingerprint density at radius 1 is 1.35 bits per heavy atom. The van der Waals surface area contributed by atoms with Crippen molar-refractivity contribution in [2.24, 2.45) is 5.73 Å². The van der Waals surface area contributed by atoms with E-state index in [1.54, 1.807) is 6.07 Å². The average molecular weight is 280 g/mol. The van der Waals surface area contributed by atoms with E-state index < -0.39 is 0 Å². The van der Waals surface area contributed by atoms with Crippen LogP contribution in [-0.2, 0) is 17.8 Å². The van der Waals surface area contributed by atoms with Crippen molar-refractivity contribution < 1.29 is 9.13 Å². The van der Waals surface area contributed by atoms with E-state index in [-0.39, 0.29) is 5.82 Å². The molecule has 1 aliphatic heterocycles.